The number of hydrogen-bond donors (Lipinski definition) is 0. The Kier molecular flexibility index (Phi) is 8.33. The van der Waals surface area contributed by atoms with E-state index in [4.69, 9.17) is 4.74 Å². The van der Waals surface area contributed by atoms with Gasteiger partial charge in [0.2, 0.25) is 0 Å². The van der Waals surface area contributed by atoms with E-state index in [1.165, 1.54) is 7.11 Å². The van der Waals surface area contributed by atoms with E-state index in [2.05, 4.69) is 20.4 Å². The predicted octanol–water partition coefficient (Wildman–Crippen LogP) is 5.42. The molecule has 0 N–H and O–H groups in total. The predicted molar refractivity (Wildman–Crippen MR) is 97.5 cm³/mol. The van der Waals surface area contributed by atoms with E-state index < -0.39 is 18.8 Å². The van der Waals surface area contributed by atoms with Gasteiger partial charge in [-0.05, 0) is 18.4 Å². The zero-order valence-electron chi connectivity index (χ0n) is 14.6. The van der Waals surface area contributed by atoms with E-state index in [1.54, 1.807) is 0 Å². The molecule has 0 unspecified atom stereocenters. The molecule has 0 aliphatic heterocycles. The molecular formula is C19H29O3P. The maximum Gasteiger partial charge on any atom is 0.334 e. The Hall–Kier alpha value is -1.34. The molecule has 4 heteroatoms. The van der Waals surface area contributed by atoms with Gasteiger partial charge in [-0.1, -0.05) is 63.6 Å². The number of ether oxygens (including phenoxy) is 1. The SMILES string of the molecule is C=C(C(=O)OC)[C@@H](c1ccccc1)P(=O)(CCCC)CCCC. The van der Waals surface area contributed by atoms with Gasteiger partial charge in [-0.2, -0.15) is 0 Å². The molecule has 0 aliphatic carbocycles. The summed E-state index contributed by atoms with van der Waals surface area (Å²) in [5.74, 6) is -0.466. The number of unbranched alkanes of at least 4 members (excludes halogenated alkanes) is 2. The smallest absolute Gasteiger partial charge is 0.334 e. The summed E-state index contributed by atoms with van der Waals surface area (Å²) in [6.07, 6.45) is 5.08. The van der Waals surface area contributed by atoms with Crippen LogP contribution in [0, 0.1) is 0 Å². The molecule has 0 aliphatic rings. The van der Waals surface area contributed by atoms with Gasteiger partial charge in [0.05, 0.1) is 19.9 Å². The average molecular weight is 336 g/mol. The fourth-order valence-corrected chi connectivity index (χ4v) is 6.69. The summed E-state index contributed by atoms with van der Waals surface area (Å²) in [6, 6.07) is 9.62. The van der Waals surface area contributed by atoms with Crippen LogP contribution < -0.4 is 0 Å². The van der Waals surface area contributed by atoms with Crippen molar-refractivity contribution < 1.29 is 14.1 Å². The van der Waals surface area contributed by atoms with Crippen molar-refractivity contribution in [2.45, 2.75) is 45.2 Å². The quantitative estimate of drug-likeness (QED) is 0.325. The second-order valence-electron chi connectivity index (χ2n) is 5.94. The Morgan fingerprint density at radius 2 is 1.65 bits per heavy atom. The van der Waals surface area contributed by atoms with E-state index in [0.717, 1.165) is 31.2 Å². The Bertz CT molecular complexity index is 539. The monoisotopic (exact) mass is 336 g/mol. The summed E-state index contributed by atoms with van der Waals surface area (Å²) >= 11 is 0. The summed E-state index contributed by atoms with van der Waals surface area (Å²) in [5.41, 5.74) is 0.780. The number of carbonyl (C=O) groups excluding carboxylic acids is 1. The zero-order chi connectivity index (χ0) is 17.3. The Balaban J connectivity index is 3.29. The van der Waals surface area contributed by atoms with Crippen molar-refractivity contribution in [1.82, 2.24) is 0 Å². The molecule has 1 aromatic rings. The summed E-state index contributed by atoms with van der Waals surface area (Å²) in [4.78, 5) is 12.1. The molecule has 0 amide bonds. The van der Waals surface area contributed by atoms with Crippen molar-refractivity contribution in [2.75, 3.05) is 19.4 Å². The fraction of sp³-hybridized carbons (Fsp3) is 0.526. The summed E-state index contributed by atoms with van der Waals surface area (Å²) in [7, 11) is -1.26. The molecule has 0 saturated heterocycles. The third-order valence-corrected chi connectivity index (χ3v) is 7.84. The molecule has 0 radical (unpaired) electrons. The van der Waals surface area contributed by atoms with Crippen LogP contribution in [0.4, 0.5) is 0 Å². The fourth-order valence-electron chi connectivity index (χ4n) is 2.86. The van der Waals surface area contributed by atoms with E-state index in [9.17, 15) is 9.36 Å². The number of methoxy groups -OCH3 is 1. The lowest BCUT2D eigenvalue weighted by molar-refractivity contribution is -0.136. The van der Waals surface area contributed by atoms with Crippen molar-refractivity contribution >= 4 is 13.1 Å². The highest BCUT2D eigenvalue weighted by atomic mass is 31.2. The lowest BCUT2D eigenvalue weighted by Gasteiger charge is -2.29. The van der Waals surface area contributed by atoms with E-state index in [1.807, 2.05) is 30.3 Å². The summed E-state index contributed by atoms with van der Waals surface area (Å²) in [5, 5.41) is 0. The Morgan fingerprint density at radius 3 is 2.09 bits per heavy atom. The van der Waals surface area contributed by atoms with Gasteiger partial charge in [-0.3, -0.25) is 0 Å². The topological polar surface area (TPSA) is 43.4 Å². The third-order valence-electron chi connectivity index (χ3n) is 4.14. The van der Waals surface area contributed by atoms with Crippen LogP contribution in [0.3, 0.4) is 0 Å². The van der Waals surface area contributed by atoms with Crippen LogP contribution in [-0.2, 0) is 14.1 Å². The molecule has 3 nitrogen and oxygen atoms in total. The molecule has 1 atom stereocenters. The highest BCUT2D eigenvalue weighted by Gasteiger charge is 2.37. The first-order valence-corrected chi connectivity index (χ1v) is 10.5. The second kappa shape index (κ2) is 9.72. The van der Waals surface area contributed by atoms with Gasteiger partial charge in [-0.15, -0.1) is 0 Å². The zero-order valence-corrected chi connectivity index (χ0v) is 15.5. The minimum Gasteiger partial charge on any atom is -0.466 e. The van der Waals surface area contributed by atoms with Gasteiger partial charge in [-0.25, -0.2) is 4.79 Å². The van der Waals surface area contributed by atoms with Crippen LogP contribution in [0.15, 0.2) is 42.5 Å². The lowest BCUT2D eigenvalue weighted by Crippen LogP contribution is -2.16. The first-order chi connectivity index (χ1) is 11.0. The molecular weight excluding hydrogens is 307 g/mol. The van der Waals surface area contributed by atoms with Crippen LogP contribution in [-0.4, -0.2) is 25.4 Å². The average Bonchev–Trinajstić information content (AvgIpc) is 2.58. The van der Waals surface area contributed by atoms with Crippen molar-refractivity contribution in [3.8, 4) is 0 Å². The minimum atomic E-state index is -2.61. The molecule has 0 spiro atoms. The molecule has 0 heterocycles. The first kappa shape index (κ1) is 19.7. The van der Waals surface area contributed by atoms with Crippen LogP contribution in [0.5, 0.6) is 0 Å². The molecule has 0 saturated carbocycles. The normalized spacial score (nSPS) is 12.7. The van der Waals surface area contributed by atoms with Crippen LogP contribution >= 0.6 is 7.14 Å². The van der Waals surface area contributed by atoms with Crippen LogP contribution in [0.2, 0.25) is 0 Å². The Labute approximate surface area is 140 Å². The first-order valence-electron chi connectivity index (χ1n) is 8.40. The van der Waals surface area contributed by atoms with Gasteiger partial charge in [0.15, 0.2) is 0 Å². The van der Waals surface area contributed by atoms with Gasteiger partial charge in [0, 0.05) is 17.9 Å². The standard InChI is InChI=1S/C19H29O3P/c1-5-7-14-23(21,15-8-6-2)18(16(3)19(20)22-4)17-12-10-9-11-13-17/h9-13,18H,3,5-8,14-15H2,1-2,4H3/t18-/m0/s1. The van der Waals surface area contributed by atoms with Crippen molar-refractivity contribution in [1.29, 1.82) is 0 Å². The maximum absolute atomic E-state index is 13.8. The van der Waals surface area contributed by atoms with Crippen molar-refractivity contribution in [2.24, 2.45) is 0 Å². The lowest BCUT2D eigenvalue weighted by atomic mass is 10.1. The van der Waals surface area contributed by atoms with Gasteiger partial charge in [0.25, 0.3) is 0 Å². The van der Waals surface area contributed by atoms with E-state index >= 15 is 0 Å². The van der Waals surface area contributed by atoms with Crippen LogP contribution in [0.1, 0.15) is 50.8 Å². The van der Waals surface area contributed by atoms with E-state index in [-0.39, 0.29) is 0 Å². The summed E-state index contributed by atoms with van der Waals surface area (Å²) < 4.78 is 18.7. The third kappa shape index (κ3) is 5.35. The van der Waals surface area contributed by atoms with E-state index in [0.29, 0.717) is 17.9 Å². The maximum atomic E-state index is 13.8. The van der Waals surface area contributed by atoms with Gasteiger partial charge in [0.1, 0.15) is 0 Å². The molecule has 1 aromatic carbocycles. The molecule has 0 fully saturated rings. The van der Waals surface area contributed by atoms with Crippen LogP contribution in [0.25, 0.3) is 0 Å². The number of rotatable bonds is 10. The number of benzene rings is 1. The van der Waals surface area contributed by atoms with Crippen molar-refractivity contribution in [3.05, 3.63) is 48.0 Å². The number of hydrogen-bond acceptors (Lipinski definition) is 3. The molecule has 0 aromatic heterocycles. The summed E-state index contributed by atoms with van der Waals surface area (Å²) in [6.45, 7) is 8.13. The minimum absolute atomic E-state index is 0.314. The van der Waals surface area contributed by atoms with Gasteiger partial charge >= 0.3 is 5.97 Å². The molecule has 1 rings (SSSR count). The number of esters is 1. The number of carbonyl (C=O) groups is 1. The molecule has 128 valence electrons. The second-order valence-corrected chi connectivity index (χ2v) is 9.25. The highest BCUT2D eigenvalue weighted by Crippen LogP contribution is 2.62. The van der Waals surface area contributed by atoms with Crippen molar-refractivity contribution in [3.63, 3.8) is 0 Å². The highest BCUT2D eigenvalue weighted by molar-refractivity contribution is 7.64. The van der Waals surface area contributed by atoms with Gasteiger partial charge < -0.3 is 9.30 Å². The molecule has 0 bridgehead atoms. The Morgan fingerprint density at radius 1 is 1.13 bits per heavy atom. The molecule has 23 heavy (non-hydrogen) atoms. The largest absolute Gasteiger partial charge is 0.466 e.